The largest absolute Gasteiger partial charge is 0.384 e. The van der Waals surface area contributed by atoms with Crippen LogP contribution in [0, 0.1) is 0 Å². The maximum Gasteiger partial charge on any atom is 0.222 e. The quantitative estimate of drug-likeness (QED) is 0.808. The predicted octanol–water partition coefficient (Wildman–Crippen LogP) is 2.15. The van der Waals surface area contributed by atoms with Crippen molar-refractivity contribution < 1.29 is 4.79 Å². The Hall–Kier alpha value is -2.41. The van der Waals surface area contributed by atoms with E-state index in [1.165, 1.54) is 0 Å². The van der Waals surface area contributed by atoms with Crippen LogP contribution in [0.5, 0.6) is 0 Å². The molecule has 1 atom stereocenters. The number of aryl methyl sites for hydroxylation is 1. The summed E-state index contributed by atoms with van der Waals surface area (Å²) in [7, 11) is 2.10. The van der Waals surface area contributed by atoms with E-state index in [1.54, 1.807) is 12.3 Å². The SMILES string of the molecule is CN(Cc1nccc(N)n1)C1CCCN(C(=O)CCCn2cccc2)CC1. The van der Waals surface area contributed by atoms with Gasteiger partial charge < -0.3 is 15.2 Å². The maximum absolute atomic E-state index is 12.6. The maximum atomic E-state index is 12.6. The molecule has 0 aliphatic carbocycles. The summed E-state index contributed by atoms with van der Waals surface area (Å²) in [5, 5.41) is 0. The molecule has 1 aliphatic heterocycles. The lowest BCUT2D eigenvalue weighted by Gasteiger charge is -2.26. The van der Waals surface area contributed by atoms with E-state index in [1.807, 2.05) is 29.4 Å². The third kappa shape index (κ3) is 5.79. The topological polar surface area (TPSA) is 80.3 Å². The van der Waals surface area contributed by atoms with Gasteiger partial charge in [-0.25, -0.2) is 9.97 Å². The fourth-order valence-electron chi connectivity index (χ4n) is 3.70. The summed E-state index contributed by atoms with van der Waals surface area (Å²) in [5.74, 6) is 1.54. The summed E-state index contributed by atoms with van der Waals surface area (Å²) in [6, 6.07) is 6.17. The lowest BCUT2D eigenvalue weighted by Crippen LogP contribution is -2.35. The van der Waals surface area contributed by atoms with E-state index in [0.29, 0.717) is 24.8 Å². The van der Waals surface area contributed by atoms with Crippen molar-refractivity contribution in [3.63, 3.8) is 0 Å². The van der Waals surface area contributed by atoms with E-state index in [2.05, 4.69) is 26.5 Å². The van der Waals surface area contributed by atoms with E-state index in [4.69, 9.17) is 5.73 Å². The van der Waals surface area contributed by atoms with Crippen LogP contribution >= 0.6 is 0 Å². The van der Waals surface area contributed by atoms with Crippen molar-refractivity contribution in [3.05, 3.63) is 42.6 Å². The summed E-state index contributed by atoms with van der Waals surface area (Å²) in [6.45, 7) is 3.27. The number of nitrogens with zero attached hydrogens (tertiary/aromatic N) is 5. The molecule has 1 aliphatic rings. The number of carbonyl (C=O) groups is 1. The Morgan fingerprint density at radius 3 is 2.89 bits per heavy atom. The average molecular weight is 371 g/mol. The van der Waals surface area contributed by atoms with Crippen LogP contribution in [0.4, 0.5) is 5.82 Å². The number of nitrogens with two attached hydrogens (primary N) is 1. The molecule has 1 amide bonds. The summed E-state index contributed by atoms with van der Waals surface area (Å²) in [6.07, 6.45) is 10.4. The predicted molar refractivity (Wildman–Crippen MR) is 106 cm³/mol. The number of carbonyl (C=O) groups excluding carboxylic acids is 1. The first kappa shape index (κ1) is 19.4. The molecule has 1 saturated heterocycles. The van der Waals surface area contributed by atoms with Crippen molar-refractivity contribution >= 4 is 11.7 Å². The van der Waals surface area contributed by atoms with E-state index < -0.39 is 0 Å². The Morgan fingerprint density at radius 1 is 1.30 bits per heavy atom. The monoisotopic (exact) mass is 370 g/mol. The van der Waals surface area contributed by atoms with Crippen molar-refractivity contribution in [3.8, 4) is 0 Å². The number of likely N-dealkylation sites (tertiary alicyclic amines) is 1. The number of rotatable bonds is 7. The van der Waals surface area contributed by atoms with Crippen LogP contribution in [0.2, 0.25) is 0 Å². The van der Waals surface area contributed by atoms with Gasteiger partial charge in [0.2, 0.25) is 5.91 Å². The van der Waals surface area contributed by atoms with Gasteiger partial charge in [-0.1, -0.05) is 0 Å². The molecule has 27 heavy (non-hydrogen) atoms. The molecule has 2 N–H and O–H groups in total. The molecule has 146 valence electrons. The van der Waals surface area contributed by atoms with Crippen molar-refractivity contribution in [2.45, 2.75) is 51.2 Å². The second-order valence-electron chi connectivity index (χ2n) is 7.30. The zero-order valence-electron chi connectivity index (χ0n) is 16.1. The first-order chi connectivity index (χ1) is 13.1. The van der Waals surface area contributed by atoms with Gasteiger partial charge in [0.1, 0.15) is 11.6 Å². The highest BCUT2D eigenvalue weighted by Gasteiger charge is 2.23. The Balaban J connectivity index is 1.44. The minimum Gasteiger partial charge on any atom is -0.384 e. The molecule has 3 rings (SSSR count). The highest BCUT2D eigenvalue weighted by atomic mass is 16.2. The van der Waals surface area contributed by atoms with Gasteiger partial charge in [0.15, 0.2) is 0 Å². The summed E-state index contributed by atoms with van der Waals surface area (Å²) in [4.78, 5) is 25.5. The zero-order chi connectivity index (χ0) is 19.1. The number of hydrogen-bond donors (Lipinski definition) is 1. The number of nitrogen functional groups attached to an aromatic ring is 1. The van der Waals surface area contributed by atoms with Crippen LogP contribution in [0.25, 0.3) is 0 Å². The minimum atomic E-state index is 0.282. The van der Waals surface area contributed by atoms with Crippen LogP contribution in [-0.2, 0) is 17.9 Å². The van der Waals surface area contributed by atoms with Gasteiger partial charge in [0, 0.05) is 50.7 Å². The molecule has 3 heterocycles. The number of amides is 1. The molecule has 2 aromatic rings. The average Bonchev–Trinajstić information content (AvgIpc) is 3.03. The normalized spacial score (nSPS) is 17.9. The minimum absolute atomic E-state index is 0.282. The fourth-order valence-corrected chi connectivity index (χ4v) is 3.70. The van der Waals surface area contributed by atoms with Crippen LogP contribution in [0.3, 0.4) is 0 Å². The van der Waals surface area contributed by atoms with Gasteiger partial charge in [-0.05, 0) is 50.9 Å². The van der Waals surface area contributed by atoms with Gasteiger partial charge in [0.25, 0.3) is 0 Å². The summed E-state index contributed by atoms with van der Waals surface area (Å²) < 4.78 is 2.12. The fraction of sp³-hybridized carbons (Fsp3) is 0.550. The van der Waals surface area contributed by atoms with Crippen molar-refractivity contribution in [1.82, 2.24) is 24.3 Å². The highest BCUT2D eigenvalue weighted by molar-refractivity contribution is 5.76. The van der Waals surface area contributed by atoms with Gasteiger partial charge in [-0.3, -0.25) is 9.69 Å². The van der Waals surface area contributed by atoms with Crippen LogP contribution in [-0.4, -0.2) is 56.4 Å². The Labute approximate surface area is 161 Å². The number of hydrogen-bond acceptors (Lipinski definition) is 5. The molecule has 0 bridgehead atoms. The molecule has 0 saturated carbocycles. The lowest BCUT2D eigenvalue weighted by molar-refractivity contribution is -0.131. The van der Waals surface area contributed by atoms with Crippen molar-refractivity contribution in [2.24, 2.45) is 0 Å². The highest BCUT2D eigenvalue weighted by Crippen LogP contribution is 2.18. The first-order valence-electron chi connectivity index (χ1n) is 9.78. The van der Waals surface area contributed by atoms with Crippen LogP contribution in [0.15, 0.2) is 36.8 Å². The van der Waals surface area contributed by atoms with Gasteiger partial charge in [-0.15, -0.1) is 0 Å². The third-order valence-electron chi connectivity index (χ3n) is 5.26. The molecule has 7 heteroatoms. The first-order valence-corrected chi connectivity index (χ1v) is 9.78. The Kier molecular flexibility index (Phi) is 6.81. The molecule has 0 radical (unpaired) electrons. The van der Waals surface area contributed by atoms with E-state index in [-0.39, 0.29) is 5.91 Å². The van der Waals surface area contributed by atoms with Crippen molar-refractivity contribution in [2.75, 3.05) is 25.9 Å². The number of aromatic nitrogens is 3. The second kappa shape index (κ2) is 9.50. The molecule has 1 fully saturated rings. The molecule has 2 aromatic heterocycles. The van der Waals surface area contributed by atoms with E-state index in [0.717, 1.165) is 51.1 Å². The summed E-state index contributed by atoms with van der Waals surface area (Å²) >= 11 is 0. The Morgan fingerprint density at radius 2 is 2.11 bits per heavy atom. The zero-order valence-corrected chi connectivity index (χ0v) is 16.1. The lowest BCUT2D eigenvalue weighted by atomic mass is 10.1. The summed E-state index contributed by atoms with van der Waals surface area (Å²) in [5.41, 5.74) is 5.74. The van der Waals surface area contributed by atoms with Gasteiger partial charge in [-0.2, -0.15) is 0 Å². The van der Waals surface area contributed by atoms with E-state index in [9.17, 15) is 4.79 Å². The number of anilines is 1. The van der Waals surface area contributed by atoms with Gasteiger partial charge >= 0.3 is 0 Å². The third-order valence-corrected chi connectivity index (χ3v) is 5.26. The van der Waals surface area contributed by atoms with Crippen LogP contribution < -0.4 is 5.73 Å². The molecule has 0 spiro atoms. The molecule has 7 nitrogen and oxygen atoms in total. The second-order valence-corrected chi connectivity index (χ2v) is 7.30. The Bertz CT molecular complexity index is 717. The standard InChI is InChI=1S/C20H30N6O/c1-24(16-19-22-10-8-18(21)23-19)17-6-4-14-26(15-9-17)20(27)7-5-13-25-11-2-3-12-25/h2-3,8,10-12,17H,4-7,9,13-16H2,1H3,(H2,21,22,23). The molecular weight excluding hydrogens is 340 g/mol. The van der Waals surface area contributed by atoms with E-state index >= 15 is 0 Å². The molecule has 1 unspecified atom stereocenters. The van der Waals surface area contributed by atoms with Crippen LogP contribution in [0.1, 0.15) is 37.9 Å². The molecular formula is C20H30N6O. The van der Waals surface area contributed by atoms with Crippen molar-refractivity contribution in [1.29, 1.82) is 0 Å². The van der Waals surface area contributed by atoms with Gasteiger partial charge in [0.05, 0.1) is 6.54 Å². The molecule has 0 aromatic carbocycles. The smallest absolute Gasteiger partial charge is 0.222 e.